The van der Waals surface area contributed by atoms with Crippen LogP contribution in [0, 0.1) is 0 Å². The number of alkyl halides is 2. The molecule has 7 nitrogen and oxygen atoms in total. The van der Waals surface area contributed by atoms with Crippen molar-refractivity contribution in [2.24, 2.45) is 5.73 Å². The van der Waals surface area contributed by atoms with Crippen LogP contribution < -0.4 is 11.1 Å². The molecule has 9 heteroatoms. The summed E-state index contributed by atoms with van der Waals surface area (Å²) in [4.78, 5) is 39.6. The summed E-state index contributed by atoms with van der Waals surface area (Å²) in [5.74, 6) is -3.95. The molecule has 2 unspecified atom stereocenters. The molecular formula is C21H26F2N4O3. The number of hydrogen-bond acceptors (Lipinski definition) is 5. The summed E-state index contributed by atoms with van der Waals surface area (Å²) in [7, 11) is 0. The van der Waals surface area contributed by atoms with E-state index in [1.165, 1.54) is 4.90 Å². The Morgan fingerprint density at radius 1 is 1.17 bits per heavy atom. The highest BCUT2D eigenvalue weighted by atomic mass is 19.3. The first-order valence-electron chi connectivity index (χ1n) is 10.4. The van der Waals surface area contributed by atoms with Gasteiger partial charge in [-0.2, -0.15) is 0 Å². The second kappa shape index (κ2) is 8.03. The summed E-state index contributed by atoms with van der Waals surface area (Å²) in [6.07, 6.45) is 2.55. The fourth-order valence-corrected chi connectivity index (χ4v) is 4.76. The summed E-state index contributed by atoms with van der Waals surface area (Å²) in [5, 5.41) is 2.28. The zero-order valence-electron chi connectivity index (χ0n) is 16.7. The van der Waals surface area contributed by atoms with E-state index in [9.17, 15) is 23.2 Å². The van der Waals surface area contributed by atoms with E-state index in [-0.39, 0.29) is 24.8 Å². The molecule has 3 heterocycles. The van der Waals surface area contributed by atoms with Gasteiger partial charge in [0.05, 0.1) is 12.6 Å². The molecule has 2 atom stereocenters. The van der Waals surface area contributed by atoms with Crippen LogP contribution in [0.25, 0.3) is 0 Å². The van der Waals surface area contributed by atoms with Gasteiger partial charge in [0.25, 0.3) is 11.8 Å². The molecule has 0 aliphatic carbocycles. The predicted octanol–water partition coefficient (Wildman–Crippen LogP) is 1.40. The maximum atomic E-state index is 14.3. The number of nitrogens with two attached hydrogens (primary N) is 1. The van der Waals surface area contributed by atoms with Gasteiger partial charge < -0.3 is 10.6 Å². The van der Waals surface area contributed by atoms with Crippen LogP contribution in [0.3, 0.4) is 0 Å². The third-order valence-electron chi connectivity index (χ3n) is 6.35. The maximum absolute atomic E-state index is 14.3. The van der Waals surface area contributed by atoms with Crippen LogP contribution in [-0.4, -0.2) is 58.6 Å². The average molecular weight is 420 g/mol. The monoisotopic (exact) mass is 420 g/mol. The van der Waals surface area contributed by atoms with E-state index in [2.05, 4.69) is 5.32 Å². The highest BCUT2D eigenvalue weighted by Gasteiger charge is 2.43. The van der Waals surface area contributed by atoms with Gasteiger partial charge in [-0.05, 0) is 43.0 Å². The minimum absolute atomic E-state index is 0.202. The first-order valence-corrected chi connectivity index (χ1v) is 10.4. The van der Waals surface area contributed by atoms with Crippen LogP contribution in [0.15, 0.2) is 18.2 Å². The van der Waals surface area contributed by atoms with Gasteiger partial charge in [0.2, 0.25) is 11.8 Å². The topological polar surface area (TPSA) is 95.7 Å². The van der Waals surface area contributed by atoms with E-state index in [4.69, 9.17) is 5.73 Å². The van der Waals surface area contributed by atoms with Gasteiger partial charge in [-0.25, -0.2) is 8.78 Å². The Hall–Kier alpha value is -2.39. The smallest absolute Gasteiger partial charge is 0.275 e. The number of benzene rings is 1. The number of rotatable bonds is 5. The lowest BCUT2D eigenvalue weighted by Crippen LogP contribution is -2.53. The Labute approximate surface area is 173 Å². The first-order chi connectivity index (χ1) is 14.3. The number of carbonyl (C=O) groups is 3. The van der Waals surface area contributed by atoms with Crippen molar-refractivity contribution in [3.05, 3.63) is 34.9 Å². The number of halogens is 2. The largest absolute Gasteiger partial charge is 0.325 e. The van der Waals surface area contributed by atoms with Gasteiger partial charge in [-0.3, -0.25) is 24.6 Å². The van der Waals surface area contributed by atoms with Gasteiger partial charge in [0.1, 0.15) is 6.04 Å². The molecule has 2 fully saturated rings. The van der Waals surface area contributed by atoms with E-state index in [0.717, 1.165) is 24.0 Å². The highest BCUT2D eigenvalue weighted by molar-refractivity contribution is 6.05. The van der Waals surface area contributed by atoms with Crippen LogP contribution in [0.5, 0.6) is 0 Å². The van der Waals surface area contributed by atoms with Crippen LogP contribution in [0.1, 0.15) is 53.6 Å². The fourth-order valence-electron chi connectivity index (χ4n) is 4.76. The van der Waals surface area contributed by atoms with Gasteiger partial charge in [0, 0.05) is 25.1 Å². The van der Waals surface area contributed by atoms with Crippen molar-refractivity contribution in [2.75, 3.05) is 13.1 Å². The number of likely N-dealkylation sites (tertiary alicyclic amines) is 1. The van der Waals surface area contributed by atoms with E-state index in [0.29, 0.717) is 31.5 Å². The molecule has 4 rings (SSSR count). The highest BCUT2D eigenvalue weighted by Crippen LogP contribution is 2.33. The Morgan fingerprint density at radius 2 is 1.97 bits per heavy atom. The number of piperidine rings is 2. The molecule has 3 aliphatic heterocycles. The molecule has 0 bridgehead atoms. The van der Waals surface area contributed by atoms with Crippen molar-refractivity contribution in [3.8, 4) is 0 Å². The van der Waals surface area contributed by atoms with E-state index >= 15 is 0 Å². The third kappa shape index (κ3) is 3.83. The summed E-state index contributed by atoms with van der Waals surface area (Å²) in [5.41, 5.74) is 7.47. The molecule has 3 amide bonds. The minimum Gasteiger partial charge on any atom is -0.325 e. The lowest BCUT2D eigenvalue weighted by Gasteiger charge is -2.39. The lowest BCUT2D eigenvalue weighted by atomic mass is 9.95. The number of amides is 3. The van der Waals surface area contributed by atoms with E-state index in [1.54, 1.807) is 17.0 Å². The lowest BCUT2D eigenvalue weighted by molar-refractivity contribution is -0.136. The zero-order chi connectivity index (χ0) is 21.5. The SMILES string of the molecule is NCC(F)(F)C1CCCCN1Cc1ccc2c(c1)CN(C1CCC(=O)NC1=O)C2=O. The molecule has 1 aromatic rings. The molecule has 1 aromatic carbocycles. The molecule has 0 spiro atoms. The van der Waals surface area contributed by atoms with Crippen molar-refractivity contribution < 1.29 is 23.2 Å². The minimum atomic E-state index is -2.93. The van der Waals surface area contributed by atoms with Crippen LogP contribution in [-0.2, 0) is 22.7 Å². The molecule has 0 saturated carbocycles. The van der Waals surface area contributed by atoms with Crippen molar-refractivity contribution >= 4 is 17.7 Å². The Kier molecular flexibility index (Phi) is 5.59. The van der Waals surface area contributed by atoms with Crippen LogP contribution in [0.4, 0.5) is 8.78 Å². The summed E-state index contributed by atoms with van der Waals surface area (Å²) in [6.45, 7) is 0.545. The number of hydrogen-bond donors (Lipinski definition) is 2. The standard InChI is InChI=1S/C21H26F2N4O3/c22-21(23,12-24)17-3-1-2-8-26(17)10-13-4-5-15-14(9-13)11-27(20(15)30)16-6-7-18(28)25-19(16)29/h4-5,9,16-17H,1-3,6-8,10-12,24H2,(H,25,28,29). The summed E-state index contributed by atoms with van der Waals surface area (Å²) >= 11 is 0. The Balaban J connectivity index is 1.50. The second-order valence-corrected chi connectivity index (χ2v) is 8.34. The number of carbonyl (C=O) groups excluding carboxylic acids is 3. The molecule has 3 aliphatic rings. The normalized spacial score (nSPS) is 25.4. The molecule has 3 N–H and O–H groups in total. The van der Waals surface area contributed by atoms with Gasteiger partial charge in [-0.1, -0.05) is 18.6 Å². The van der Waals surface area contributed by atoms with Crippen molar-refractivity contribution in [1.29, 1.82) is 0 Å². The Morgan fingerprint density at radius 3 is 2.70 bits per heavy atom. The number of imide groups is 1. The van der Waals surface area contributed by atoms with Crippen molar-refractivity contribution in [3.63, 3.8) is 0 Å². The first kappa shape index (κ1) is 20.9. The molecule has 0 radical (unpaired) electrons. The van der Waals surface area contributed by atoms with Crippen molar-refractivity contribution in [1.82, 2.24) is 15.1 Å². The van der Waals surface area contributed by atoms with Crippen LogP contribution >= 0.6 is 0 Å². The number of nitrogens with one attached hydrogen (secondary N) is 1. The molecule has 0 aromatic heterocycles. The quantitative estimate of drug-likeness (QED) is 0.702. The zero-order valence-corrected chi connectivity index (χ0v) is 16.7. The second-order valence-electron chi connectivity index (χ2n) is 8.34. The molecule has 30 heavy (non-hydrogen) atoms. The van der Waals surface area contributed by atoms with E-state index in [1.807, 2.05) is 6.07 Å². The number of fused-ring (bicyclic) bond motifs is 1. The predicted molar refractivity (Wildman–Crippen MR) is 105 cm³/mol. The average Bonchev–Trinajstić information content (AvgIpc) is 3.04. The van der Waals surface area contributed by atoms with Gasteiger partial charge >= 0.3 is 0 Å². The van der Waals surface area contributed by atoms with Gasteiger partial charge in [0.15, 0.2) is 0 Å². The summed E-state index contributed by atoms with van der Waals surface area (Å²) in [6, 6.07) is 3.81. The summed E-state index contributed by atoms with van der Waals surface area (Å²) < 4.78 is 28.6. The third-order valence-corrected chi connectivity index (χ3v) is 6.35. The molecule has 162 valence electrons. The molecule has 2 saturated heterocycles. The van der Waals surface area contributed by atoms with Gasteiger partial charge in [-0.15, -0.1) is 0 Å². The van der Waals surface area contributed by atoms with Crippen LogP contribution in [0.2, 0.25) is 0 Å². The van der Waals surface area contributed by atoms with Crippen molar-refractivity contribution in [2.45, 2.75) is 63.2 Å². The Bertz CT molecular complexity index is 876. The molecular weight excluding hydrogens is 394 g/mol. The fraction of sp³-hybridized carbons (Fsp3) is 0.571. The maximum Gasteiger partial charge on any atom is 0.275 e. The van der Waals surface area contributed by atoms with E-state index < -0.39 is 30.5 Å². The number of nitrogens with zero attached hydrogens (tertiary/aromatic N) is 2.